The molecule has 0 radical (unpaired) electrons. The number of nitrogens with zero attached hydrogens (tertiary/aromatic N) is 3. The van der Waals surface area contributed by atoms with Crippen LogP contribution in [0, 0.1) is 0 Å². The summed E-state index contributed by atoms with van der Waals surface area (Å²) in [4.78, 5) is 2.33. The molecule has 2 aromatic rings. The van der Waals surface area contributed by atoms with Crippen LogP contribution in [-0.4, -0.2) is 41.5 Å². The van der Waals surface area contributed by atoms with E-state index in [4.69, 9.17) is 13.9 Å². The molecule has 22 heavy (non-hydrogen) atoms. The molecule has 3 heterocycles. The number of aromatic nitrogens is 2. The van der Waals surface area contributed by atoms with Crippen LogP contribution in [0.1, 0.15) is 36.4 Å². The first kappa shape index (κ1) is 15.5. The maximum Gasteiger partial charge on any atom is 0.294 e. The van der Waals surface area contributed by atoms with Crippen molar-refractivity contribution in [1.82, 2.24) is 15.1 Å². The van der Waals surface area contributed by atoms with Crippen molar-refractivity contribution in [2.75, 3.05) is 26.4 Å². The molecule has 1 atom stereocenters. The van der Waals surface area contributed by atoms with Crippen LogP contribution in [0.4, 0.5) is 0 Å². The van der Waals surface area contributed by atoms with Crippen LogP contribution in [0.3, 0.4) is 0 Å². The monoisotopic (exact) mass is 323 g/mol. The van der Waals surface area contributed by atoms with E-state index in [0.29, 0.717) is 18.4 Å². The molecule has 0 saturated carbocycles. The van der Waals surface area contributed by atoms with Gasteiger partial charge in [-0.05, 0) is 19.1 Å². The van der Waals surface area contributed by atoms with Crippen molar-refractivity contribution in [1.29, 1.82) is 0 Å². The lowest BCUT2D eigenvalue weighted by Gasteiger charge is -2.33. The summed E-state index contributed by atoms with van der Waals surface area (Å²) >= 11 is 1.50. The summed E-state index contributed by atoms with van der Waals surface area (Å²) < 4.78 is 16.9. The molecule has 1 fully saturated rings. The van der Waals surface area contributed by atoms with Gasteiger partial charge in [0.1, 0.15) is 16.5 Å². The summed E-state index contributed by atoms with van der Waals surface area (Å²) in [5.41, 5.74) is 0. The summed E-state index contributed by atoms with van der Waals surface area (Å²) in [7, 11) is 0. The SMILES string of the molecule is CCOc1nnc(CN2CCOCC2c2ccc(CC)o2)s1. The Hall–Kier alpha value is -1.44. The minimum absolute atomic E-state index is 0.133. The molecule has 1 aliphatic rings. The molecule has 3 rings (SSSR count). The second-order valence-corrected chi connectivity index (χ2v) is 6.14. The minimum atomic E-state index is 0.133. The zero-order valence-electron chi connectivity index (χ0n) is 12.9. The van der Waals surface area contributed by atoms with Crippen molar-refractivity contribution >= 4 is 11.3 Å². The summed E-state index contributed by atoms with van der Waals surface area (Å²) in [5, 5.41) is 9.85. The van der Waals surface area contributed by atoms with E-state index in [2.05, 4.69) is 28.1 Å². The van der Waals surface area contributed by atoms with E-state index >= 15 is 0 Å². The third-order valence-electron chi connectivity index (χ3n) is 3.65. The highest BCUT2D eigenvalue weighted by molar-refractivity contribution is 7.13. The average molecular weight is 323 g/mol. The standard InChI is InChI=1S/C15H21N3O3S/c1-3-11-5-6-13(21-11)12-10-19-8-7-18(12)9-14-16-17-15(22-14)20-4-2/h5-6,12H,3-4,7-10H2,1-2H3. The summed E-state index contributed by atoms with van der Waals surface area (Å²) in [6.07, 6.45) is 0.904. The van der Waals surface area contributed by atoms with Gasteiger partial charge in [0.25, 0.3) is 5.19 Å². The Morgan fingerprint density at radius 2 is 2.27 bits per heavy atom. The fourth-order valence-electron chi connectivity index (χ4n) is 2.51. The van der Waals surface area contributed by atoms with Gasteiger partial charge in [-0.25, -0.2) is 0 Å². The molecule has 0 N–H and O–H groups in total. The van der Waals surface area contributed by atoms with Gasteiger partial charge in [0.2, 0.25) is 0 Å². The zero-order valence-corrected chi connectivity index (χ0v) is 13.8. The maximum absolute atomic E-state index is 5.91. The molecule has 0 spiro atoms. The molecular weight excluding hydrogens is 302 g/mol. The lowest BCUT2D eigenvalue weighted by molar-refractivity contribution is -0.0206. The van der Waals surface area contributed by atoms with Gasteiger partial charge >= 0.3 is 0 Å². The van der Waals surface area contributed by atoms with E-state index in [0.717, 1.165) is 42.6 Å². The Kier molecular flexibility index (Phi) is 5.07. The fraction of sp³-hybridized carbons (Fsp3) is 0.600. The van der Waals surface area contributed by atoms with Crippen LogP contribution >= 0.6 is 11.3 Å². The first-order valence-electron chi connectivity index (χ1n) is 7.65. The predicted molar refractivity (Wildman–Crippen MR) is 83.1 cm³/mol. The van der Waals surface area contributed by atoms with Gasteiger partial charge in [0.05, 0.1) is 32.4 Å². The van der Waals surface area contributed by atoms with Crippen molar-refractivity contribution in [2.24, 2.45) is 0 Å². The van der Waals surface area contributed by atoms with Gasteiger partial charge < -0.3 is 13.9 Å². The highest BCUT2D eigenvalue weighted by Crippen LogP contribution is 2.29. The molecule has 1 saturated heterocycles. The molecule has 0 aromatic carbocycles. The number of rotatable bonds is 6. The maximum atomic E-state index is 5.91. The van der Waals surface area contributed by atoms with E-state index in [-0.39, 0.29) is 6.04 Å². The molecule has 2 aromatic heterocycles. The van der Waals surface area contributed by atoms with E-state index in [1.165, 1.54) is 11.3 Å². The van der Waals surface area contributed by atoms with Crippen LogP contribution in [0.15, 0.2) is 16.5 Å². The molecule has 0 aliphatic carbocycles. The molecule has 1 unspecified atom stereocenters. The summed E-state index contributed by atoms with van der Waals surface area (Å²) in [6, 6.07) is 4.23. The van der Waals surface area contributed by atoms with Crippen LogP contribution < -0.4 is 4.74 Å². The lowest BCUT2D eigenvalue weighted by atomic mass is 10.2. The fourth-order valence-corrected chi connectivity index (χ4v) is 3.28. The van der Waals surface area contributed by atoms with Crippen molar-refractivity contribution in [3.63, 3.8) is 0 Å². The molecule has 7 heteroatoms. The van der Waals surface area contributed by atoms with Crippen molar-refractivity contribution in [2.45, 2.75) is 32.9 Å². The molecule has 6 nitrogen and oxygen atoms in total. The van der Waals surface area contributed by atoms with Gasteiger partial charge in [-0.1, -0.05) is 18.3 Å². The van der Waals surface area contributed by atoms with Gasteiger partial charge in [0, 0.05) is 13.0 Å². The summed E-state index contributed by atoms with van der Waals surface area (Å²) in [5.74, 6) is 1.97. The Labute approximate surface area is 134 Å². The Morgan fingerprint density at radius 1 is 1.36 bits per heavy atom. The van der Waals surface area contributed by atoms with Gasteiger partial charge in [0.15, 0.2) is 0 Å². The van der Waals surface area contributed by atoms with Crippen LogP contribution in [-0.2, 0) is 17.7 Å². The number of hydrogen-bond acceptors (Lipinski definition) is 7. The normalized spacial score (nSPS) is 19.5. The average Bonchev–Trinajstić information content (AvgIpc) is 3.18. The van der Waals surface area contributed by atoms with Gasteiger partial charge in [-0.2, -0.15) is 0 Å². The quantitative estimate of drug-likeness (QED) is 0.814. The van der Waals surface area contributed by atoms with Crippen LogP contribution in [0.25, 0.3) is 0 Å². The Balaban J connectivity index is 1.71. The first-order valence-corrected chi connectivity index (χ1v) is 8.47. The highest BCUT2D eigenvalue weighted by Gasteiger charge is 2.28. The summed E-state index contributed by atoms with van der Waals surface area (Å²) in [6.45, 7) is 7.62. The molecular formula is C15H21N3O3S. The first-order chi connectivity index (χ1) is 10.8. The predicted octanol–water partition coefficient (Wildman–Crippen LogP) is 2.67. The molecule has 120 valence electrons. The number of aryl methyl sites for hydroxylation is 1. The van der Waals surface area contributed by atoms with E-state index < -0.39 is 0 Å². The van der Waals surface area contributed by atoms with Crippen molar-refractivity contribution < 1.29 is 13.9 Å². The van der Waals surface area contributed by atoms with Gasteiger partial charge in [-0.15, -0.1) is 10.2 Å². The van der Waals surface area contributed by atoms with Crippen molar-refractivity contribution in [3.05, 3.63) is 28.7 Å². The van der Waals surface area contributed by atoms with E-state index in [1.54, 1.807) is 0 Å². The second-order valence-electron chi connectivity index (χ2n) is 5.11. The number of morpholine rings is 1. The number of furan rings is 1. The smallest absolute Gasteiger partial charge is 0.294 e. The largest absolute Gasteiger partial charge is 0.469 e. The molecule has 0 bridgehead atoms. The van der Waals surface area contributed by atoms with Gasteiger partial charge in [-0.3, -0.25) is 4.90 Å². The lowest BCUT2D eigenvalue weighted by Crippen LogP contribution is -2.38. The number of ether oxygens (including phenoxy) is 2. The third-order valence-corrected chi connectivity index (χ3v) is 4.47. The Bertz CT molecular complexity index is 598. The highest BCUT2D eigenvalue weighted by atomic mass is 32.1. The number of hydrogen-bond donors (Lipinski definition) is 0. The van der Waals surface area contributed by atoms with Crippen molar-refractivity contribution in [3.8, 4) is 5.19 Å². The third kappa shape index (κ3) is 3.48. The van der Waals surface area contributed by atoms with Crippen LogP contribution in [0.5, 0.6) is 5.19 Å². The van der Waals surface area contributed by atoms with E-state index in [1.807, 2.05) is 13.0 Å². The minimum Gasteiger partial charge on any atom is -0.469 e. The van der Waals surface area contributed by atoms with E-state index in [9.17, 15) is 0 Å². The molecule has 1 aliphatic heterocycles. The molecule has 0 amide bonds. The topological polar surface area (TPSA) is 60.6 Å². The Morgan fingerprint density at radius 3 is 3.05 bits per heavy atom. The zero-order chi connectivity index (χ0) is 15.4. The second kappa shape index (κ2) is 7.21. The van der Waals surface area contributed by atoms with Crippen LogP contribution in [0.2, 0.25) is 0 Å².